The Bertz CT molecular complexity index is 1760. The van der Waals surface area contributed by atoms with Crippen molar-refractivity contribution in [3.63, 3.8) is 0 Å². The van der Waals surface area contributed by atoms with Crippen molar-refractivity contribution in [1.82, 2.24) is 4.98 Å². The molecule has 0 saturated heterocycles. The van der Waals surface area contributed by atoms with Crippen LogP contribution in [0.25, 0.3) is 33.6 Å². The van der Waals surface area contributed by atoms with Crippen molar-refractivity contribution in [1.29, 1.82) is 0 Å². The van der Waals surface area contributed by atoms with Crippen LogP contribution in [-0.2, 0) is 11.3 Å². The van der Waals surface area contributed by atoms with Crippen molar-refractivity contribution in [2.24, 2.45) is 0 Å². The second-order valence-electron chi connectivity index (χ2n) is 9.55. The van der Waals surface area contributed by atoms with Gasteiger partial charge in [-0.3, -0.25) is 4.79 Å². The Morgan fingerprint density at radius 2 is 1.51 bits per heavy atom. The Labute approximate surface area is 246 Å². The van der Waals surface area contributed by atoms with E-state index in [0.29, 0.717) is 32.9 Å². The van der Waals surface area contributed by atoms with Gasteiger partial charge in [-0.05, 0) is 102 Å². The van der Waals surface area contributed by atoms with Crippen LogP contribution in [0.5, 0.6) is 11.5 Å². The van der Waals surface area contributed by atoms with E-state index in [9.17, 15) is 9.18 Å². The molecular formula is C33H23Cl2FN2O3. The third kappa shape index (κ3) is 5.62. The fourth-order valence-electron chi connectivity index (χ4n) is 4.77. The first-order valence-corrected chi connectivity index (χ1v) is 13.6. The molecule has 0 aliphatic carbocycles. The number of carbonyl (C=O) groups is 1. The number of hydrogen-bond acceptors (Lipinski definition) is 4. The molecular weight excluding hydrogens is 562 g/mol. The van der Waals surface area contributed by atoms with Gasteiger partial charge in [-0.2, -0.15) is 0 Å². The Kier molecular flexibility index (Phi) is 7.35. The van der Waals surface area contributed by atoms with E-state index < -0.39 is 0 Å². The molecule has 5 nitrogen and oxygen atoms in total. The molecule has 41 heavy (non-hydrogen) atoms. The third-order valence-corrected chi connectivity index (χ3v) is 7.53. The van der Waals surface area contributed by atoms with E-state index in [1.807, 2.05) is 54.6 Å². The van der Waals surface area contributed by atoms with Crippen molar-refractivity contribution >= 4 is 34.8 Å². The van der Waals surface area contributed by atoms with Crippen LogP contribution >= 0.6 is 23.2 Å². The molecule has 6 rings (SSSR count). The van der Waals surface area contributed by atoms with Crippen molar-refractivity contribution in [3.05, 3.63) is 118 Å². The third-order valence-electron chi connectivity index (χ3n) is 6.92. The maximum atomic E-state index is 13.7. The Hall–Kier alpha value is -4.39. The number of carbonyl (C=O) groups excluding carboxylic acids is 1. The van der Waals surface area contributed by atoms with Gasteiger partial charge in [0, 0.05) is 21.2 Å². The molecule has 4 aromatic carbocycles. The number of halogens is 3. The lowest BCUT2D eigenvalue weighted by atomic mass is 9.99. The highest BCUT2D eigenvalue weighted by molar-refractivity contribution is 6.33. The summed E-state index contributed by atoms with van der Waals surface area (Å²) in [5.74, 6) is 0.815. The van der Waals surface area contributed by atoms with Gasteiger partial charge in [-0.1, -0.05) is 35.3 Å². The zero-order chi connectivity index (χ0) is 28.5. The molecule has 0 radical (unpaired) electrons. The smallest absolute Gasteiger partial charge is 0.265 e. The van der Waals surface area contributed by atoms with E-state index in [4.69, 9.17) is 37.7 Å². The Morgan fingerprint density at radius 1 is 0.829 bits per heavy atom. The average molecular weight is 585 g/mol. The predicted octanol–water partition coefficient (Wildman–Crippen LogP) is 8.46. The van der Waals surface area contributed by atoms with Gasteiger partial charge in [0.25, 0.3) is 5.91 Å². The van der Waals surface area contributed by atoms with Gasteiger partial charge in [0.2, 0.25) is 0 Å². The number of pyridine rings is 1. The maximum absolute atomic E-state index is 13.7. The molecule has 0 atom stereocenters. The van der Waals surface area contributed by atoms with Gasteiger partial charge in [0.1, 0.15) is 17.3 Å². The van der Waals surface area contributed by atoms with E-state index in [2.05, 4.69) is 0 Å². The van der Waals surface area contributed by atoms with Gasteiger partial charge >= 0.3 is 0 Å². The Balaban J connectivity index is 1.46. The first kappa shape index (κ1) is 26.8. The monoisotopic (exact) mass is 584 g/mol. The van der Waals surface area contributed by atoms with E-state index in [-0.39, 0.29) is 24.9 Å². The molecule has 1 aliphatic heterocycles. The number of nitrogens with zero attached hydrogens (tertiary/aromatic N) is 2. The molecule has 0 N–H and O–H groups in total. The molecule has 1 amide bonds. The summed E-state index contributed by atoms with van der Waals surface area (Å²) in [6, 6.07) is 28.7. The van der Waals surface area contributed by atoms with Gasteiger partial charge in [0.15, 0.2) is 6.61 Å². The van der Waals surface area contributed by atoms with E-state index in [1.54, 1.807) is 42.3 Å². The second-order valence-corrected chi connectivity index (χ2v) is 10.4. The molecule has 8 heteroatoms. The van der Waals surface area contributed by atoms with Crippen LogP contribution in [-0.4, -0.2) is 24.6 Å². The lowest BCUT2D eigenvalue weighted by Crippen LogP contribution is -2.38. The maximum Gasteiger partial charge on any atom is 0.265 e. The van der Waals surface area contributed by atoms with Crippen molar-refractivity contribution in [2.75, 3.05) is 18.6 Å². The van der Waals surface area contributed by atoms with Crippen molar-refractivity contribution < 1.29 is 18.7 Å². The summed E-state index contributed by atoms with van der Waals surface area (Å²) in [4.78, 5) is 19.6. The molecule has 0 unspecified atom stereocenters. The summed E-state index contributed by atoms with van der Waals surface area (Å²) in [6.07, 6.45) is 0. The number of rotatable bonds is 6. The van der Waals surface area contributed by atoms with E-state index in [1.165, 1.54) is 12.1 Å². The molecule has 1 aliphatic rings. The normalized spacial score (nSPS) is 12.6. The minimum atomic E-state index is -0.320. The van der Waals surface area contributed by atoms with Crippen LogP contribution in [0.15, 0.2) is 97.1 Å². The van der Waals surface area contributed by atoms with Crippen LogP contribution < -0.4 is 14.4 Å². The van der Waals surface area contributed by atoms with Crippen LogP contribution in [0, 0.1) is 5.82 Å². The molecule has 0 spiro atoms. The SMILES string of the molecule is COc1ccc(-c2cc(-c3ccc(F)cc3)nc(-c3ccc4c(c3)N(Cc3cc(Cl)ccc3Cl)C(=O)CO4)c2)cc1. The van der Waals surface area contributed by atoms with E-state index in [0.717, 1.165) is 33.6 Å². The second kappa shape index (κ2) is 11.2. The van der Waals surface area contributed by atoms with Crippen LogP contribution in [0.4, 0.5) is 10.1 Å². The van der Waals surface area contributed by atoms with Crippen molar-refractivity contribution in [2.45, 2.75) is 6.54 Å². The first-order chi connectivity index (χ1) is 19.9. The number of amides is 1. The van der Waals surface area contributed by atoms with Gasteiger partial charge in [-0.15, -0.1) is 0 Å². The van der Waals surface area contributed by atoms with E-state index >= 15 is 0 Å². The summed E-state index contributed by atoms with van der Waals surface area (Å²) < 4.78 is 24.8. The lowest BCUT2D eigenvalue weighted by molar-refractivity contribution is -0.121. The fraction of sp³-hybridized carbons (Fsp3) is 0.0909. The molecule has 1 aromatic heterocycles. The summed E-state index contributed by atoms with van der Waals surface area (Å²) in [7, 11) is 1.63. The standard InChI is InChI=1S/C33H23Cl2FN2O3/c1-40-27-10-4-20(5-11-27)23-15-29(21-2-8-26(36)9-3-21)37-30(16-23)22-6-13-32-31(17-22)38(33(39)19-41-32)18-24-14-25(34)7-12-28(24)35/h2-17H,18-19H2,1H3. The summed E-state index contributed by atoms with van der Waals surface area (Å²) in [5, 5.41) is 1.05. The van der Waals surface area contributed by atoms with Gasteiger partial charge < -0.3 is 14.4 Å². The van der Waals surface area contributed by atoms with Crippen LogP contribution in [0.3, 0.4) is 0 Å². The first-order valence-electron chi connectivity index (χ1n) is 12.8. The summed E-state index contributed by atoms with van der Waals surface area (Å²) in [5.41, 5.74) is 6.13. The number of benzene rings is 4. The number of fused-ring (bicyclic) bond motifs is 1. The lowest BCUT2D eigenvalue weighted by Gasteiger charge is -2.30. The highest BCUT2D eigenvalue weighted by Gasteiger charge is 2.27. The highest BCUT2D eigenvalue weighted by Crippen LogP contribution is 2.39. The van der Waals surface area contributed by atoms with Gasteiger partial charge in [0.05, 0.1) is 30.7 Å². The number of methoxy groups -OCH3 is 1. The van der Waals surface area contributed by atoms with Crippen molar-refractivity contribution in [3.8, 4) is 45.1 Å². The number of anilines is 1. The average Bonchev–Trinajstić information content (AvgIpc) is 3.00. The minimum Gasteiger partial charge on any atom is -0.497 e. The highest BCUT2D eigenvalue weighted by atomic mass is 35.5. The van der Waals surface area contributed by atoms with Crippen LogP contribution in [0.2, 0.25) is 10.0 Å². The molecule has 0 saturated carbocycles. The number of aromatic nitrogens is 1. The van der Waals surface area contributed by atoms with Gasteiger partial charge in [-0.25, -0.2) is 9.37 Å². The molecule has 5 aromatic rings. The number of ether oxygens (including phenoxy) is 2. The summed E-state index contributed by atoms with van der Waals surface area (Å²) in [6.45, 7) is 0.155. The molecule has 0 fully saturated rings. The molecule has 0 bridgehead atoms. The zero-order valence-electron chi connectivity index (χ0n) is 21.9. The largest absolute Gasteiger partial charge is 0.497 e. The molecule has 204 valence electrons. The quantitative estimate of drug-likeness (QED) is 0.201. The fourth-order valence-corrected chi connectivity index (χ4v) is 5.14. The Morgan fingerprint density at radius 3 is 2.24 bits per heavy atom. The summed E-state index contributed by atoms with van der Waals surface area (Å²) >= 11 is 12.6. The molecule has 2 heterocycles. The van der Waals surface area contributed by atoms with Crippen LogP contribution in [0.1, 0.15) is 5.56 Å². The zero-order valence-corrected chi connectivity index (χ0v) is 23.4. The predicted molar refractivity (Wildman–Crippen MR) is 160 cm³/mol. The topological polar surface area (TPSA) is 51.7 Å². The number of hydrogen-bond donors (Lipinski definition) is 0. The minimum absolute atomic E-state index is 0.0789.